The summed E-state index contributed by atoms with van der Waals surface area (Å²) in [4.78, 5) is 0. The molecule has 0 fully saturated rings. The average molecular weight is 768 g/mol. The molecule has 5 aromatic carbocycles. The zero-order valence-electron chi connectivity index (χ0n) is 26.6. The van der Waals surface area contributed by atoms with Gasteiger partial charge in [-0.25, -0.2) is 11.1 Å². The Hall–Kier alpha value is -2.41. The molecule has 0 aliphatic heterocycles. The molecule has 0 nitrogen and oxygen atoms in total. The number of hydrogen-bond acceptors (Lipinski definition) is 0. The number of allylic oxidation sites excluding steroid dienone is 8. The smallest absolute Gasteiger partial charge is 0.171 e. The van der Waals surface area contributed by atoms with Gasteiger partial charge in [-0.1, -0.05) is 136 Å². The molecule has 230 valence electrons. The summed E-state index contributed by atoms with van der Waals surface area (Å²) in [7, 11) is 0. The molecule has 0 spiro atoms. The molecule has 0 saturated carbocycles. The van der Waals surface area contributed by atoms with E-state index in [-0.39, 0.29) is 32.2 Å². The zero-order chi connectivity index (χ0) is 29.9. The van der Waals surface area contributed by atoms with E-state index < -0.39 is 0 Å². The molecule has 2 aliphatic carbocycles. The van der Waals surface area contributed by atoms with Crippen molar-refractivity contribution in [2.75, 3.05) is 0 Å². The maximum atomic E-state index is 3.45. The molecule has 0 N–H and O–H groups in total. The Balaban J connectivity index is 0.000000345. The first-order chi connectivity index (χ1) is 20.5. The Morgan fingerprint density at radius 2 is 0.911 bits per heavy atom. The fraction of sp³-hybridized carbons (Fsp3) is 0.146. The van der Waals surface area contributed by atoms with Crippen molar-refractivity contribution in [1.29, 1.82) is 0 Å². The fourth-order valence-corrected chi connectivity index (χ4v) is 5.52. The summed E-state index contributed by atoms with van der Waals surface area (Å²) < 4.78 is 0. The summed E-state index contributed by atoms with van der Waals surface area (Å²) in [6.07, 6.45) is 11.5. The Morgan fingerprint density at radius 3 is 1.22 bits per heavy atom. The van der Waals surface area contributed by atoms with Crippen LogP contribution in [0.15, 0.2) is 139 Å². The monoisotopic (exact) mass is 766 g/mol. The summed E-state index contributed by atoms with van der Waals surface area (Å²) in [5.74, 6) is 0.868. The molecule has 4 heteroatoms. The van der Waals surface area contributed by atoms with Gasteiger partial charge < -0.3 is 7.43 Å². The van der Waals surface area contributed by atoms with Gasteiger partial charge in [0.1, 0.15) is 0 Å². The van der Waals surface area contributed by atoms with Crippen molar-refractivity contribution in [3.8, 4) is 0 Å². The SMILES string of the molecule is CC1=[C-]C(C)C=C1c1cccc2ccccc12.CC1=[C-]C(C)C=C1c1cccc2ccccc12.Cl.Cl.[CH3-].[Ge]=[Zr].[c-]1ccccc1. The van der Waals surface area contributed by atoms with Gasteiger partial charge in [-0.3, -0.25) is 12.2 Å². The zero-order valence-corrected chi connectivity index (χ0v) is 32.8. The standard InChI is InChI=1S/2C17H15.C6H5.CH3.2ClH.Ge.Zr/c2*1-12-10-13(2)17(11-12)16-9-5-7-14-6-3-4-8-15(14)16;1-2-4-6-5-3-1;;;;;/h2*3-9,11-12H,1-2H3;1-5H;1H3;2*1H;;/q4*-1;;;;. The van der Waals surface area contributed by atoms with Gasteiger partial charge in [0, 0.05) is 0 Å². The van der Waals surface area contributed by atoms with Crippen LogP contribution in [0.2, 0.25) is 0 Å². The Labute approximate surface area is 303 Å². The minimum Gasteiger partial charge on any atom is -0.184 e. The van der Waals surface area contributed by atoms with E-state index in [0.717, 1.165) is 0 Å². The third-order valence-corrected chi connectivity index (χ3v) is 7.30. The second-order valence-corrected chi connectivity index (χ2v) is 10.4. The molecular weight excluding hydrogens is 727 g/mol. The molecule has 2 aliphatic rings. The first kappa shape index (κ1) is 40.6. The van der Waals surface area contributed by atoms with Crippen LogP contribution in [0.1, 0.15) is 38.8 Å². The summed E-state index contributed by atoms with van der Waals surface area (Å²) in [6.45, 7) is 8.66. The summed E-state index contributed by atoms with van der Waals surface area (Å²) in [6, 6.07) is 42.6. The molecule has 7 rings (SSSR count). The molecule has 0 saturated heterocycles. The van der Waals surface area contributed by atoms with Crippen LogP contribution in [-0.2, 0) is 21.6 Å². The Kier molecular flexibility index (Phi) is 18.6. The van der Waals surface area contributed by atoms with Crippen molar-refractivity contribution in [1.82, 2.24) is 0 Å². The van der Waals surface area contributed by atoms with E-state index in [0.29, 0.717) is 11.8 Å². The predicted octanol–water partition coefficient (Wildman–Crippen LogP) is 11.6. The van der Waals surface area contributed by atoms with Gasteiger partial charge in [-0.05, 0) is 21.5 Å². The number of benzene rings is 5. The molecule has 2 radical (unpaired) electrons. The van der Waals surface area contributed by atoms with Crippen LogP contribution in [0.25, 0.3) is 32.7 Å². The minimum atomic E-state index is 0. The van der Waals surface area contributed by atoms with E-state index in [1.807, 2.05) is 30.3 Å². The van der Waals surface area contributed by atoms with Crippen LogP contribution in [0, 0.1) is 37.5 Å². The van der Waals surface area contributed by atoms with Gasteiger partial charge in [0.2, 0.25) is 0 Å². The summed E-state index contributed by atoms with van der Waals surface area (Å²) >= 11 is 3.64. The molecule has 0 bridgehead atoms. The molecule has 5 aromatic rings. The van der Waals surface area contributed by atoms with Gasteiger partial charge in [0.05, 0.1) is 0 Å². The first-order valence-electron chi connectivity index (χ1n) is 14.3. The minimum absolute atomic E-state index is 0. The van der Waals surface area contributed by atoms with E-state index >= 15 is 0 Å². The normalized spacial score (nSPS) is 15.7. The predicted molar refractivity (Wildman–Crippen MR) is 199 cm³/mol. The largest absolute Gasteiger partial charge is 0.184 e. The maximum Gasteiger partial charge on any atom is -0.171 e. The van der Waals surface area contributed by atoms with Gasteiger partial charge in [0.25, 0.3) is 0 Å². The van der Waals surface area contributed by atoms with Crippen LogP contribution >= 0.6 is 24.8 Å². The van der Waals surface area contributed by atoms with Crippen LogP contribution in [0.5, 0.6) is 0 Å². The molecule has 0 aromatic heterocycles. The number of halogens is 2. The van der Waals surface area contributed by atoms with E-state index in [2.05, 4.69) is 155 Å². The topological polar surface area (TPSA) is 0 Å². The van der Waals surface area contributed by atoms with Crippen molar-refractivity contribution in [3.63, 3.8) is 0 Å². The third-order valence-electron chi connectivity index (χ3n) is 7.30. The maximum absolute atomic E-state index is 3.45. The number of hydrogen-bond donors (Lipinski definition) is 0. The third kappa shape index (κ3) is 10.8. The molecule has 2 unspecified atom stereocenters. The Bertz CT molecular complexity index is 1620. The summed E-state index contributed by atoms with van der Waals surface area (Å²) in [5, 5.41) is 5.27. The molecule has 2 atom stereocenters. The van der Waals surface area contributed by atoms with E-state index in [1.54, 1.807) is 21.6 Å². The van der Waals surface area contributed by atoms with E-state index in [1.165, 1.54) is 55.0 Å². The molecule has 0 heterocycles. The van der Waals surface area contributed by atoms with Crippen molar-refractivity contribution in [2.45, 2.75) is 27.7 Å². The van der Waals surface area contributed by atoms with Crippen LogP contribution in [-0.4, -0.2) is 12.1 Å². The second kappa shape index (κ2) is 20.7. The number of fused-ring (bicyclic) bond motifs is 2. The van der Waals surface area contributed by atoms with Gasteiger partial charge in [-0.2, -0.15) is 59.7 Å². The van der Waals surface area contributed by atoms with Gasteiger partial charge in [-0.15, -0.1) is 24.8 Å². The van der Waals surface area contributed by atoms with Gasteiger partial charge >= 0.3 is 33.7 Å². The van der Waals surface area contributed by atoms with Gasteiger partial charge in [0.15, 0.2) is 0 Å². The van der Waals surface area contributed by atoms with Crippen LogP contribution in [0.4, 0.5) is 0 Å². The average Bonchev–Trinajstić information content (AvgIpc) is 3.57. The Morgan fingerprint density at radius 1 is 0.533 bits per heavy atom. The molecule has 45 heavy (non-hydrogen) atoms. The van der Waals surface area contributed by atoms with E-state index in [4.69, 9.17) is 0 Å². The van der Waals surface area contributed by atoms with Crippen molar-refractivity contribution < 1.29 is 21.6 Å². The second-order valence-electron chi connectivity index (χ2n) is 10.4. The van der Waals surface area contributed by atoms with Crippen molar-refractivity contribution in [2.24, 2.45) is 11.8 Å². The van der Waals surface area contributed by atoms with Crippen molar-refractivity contribution >= 4 is 69.6 Å². The van der Waals surface area contributed by atoms with E-state index in [9.17, 15) is 0 Å². The molecular formula is C41H40Cl2GeZr-4. The van der Waals surface area contributed by atoms with Crippen LogP contribution in [0.3, 0.4) is 0 Å². The van der Waals surface area contributed by atoms with Crippen LogP contribution < -0.4 is 0 Å². The van der Waals surface area contributed by atoms with Crippen molar-refractivity contribution in [3.05, 3.63) is 175 Å². The molecule has 0 amide bonds. The first-order valence-corrected chi connectivity index (χ1v) is 21.7. The fourth-order valence-electron chi connectivity index (χ4n) is 5.52. The summed E-state index contributed by atoms with van der Waals surface area (Å²) in [5.41, 5.74) is 7.89. The quantitative estimate of drug-likeness (QED) is 0.124. The number of rotatable bonds is 2.